The van der Waals surface area contributed by atoms with Gasteiger partial charge in [0.1, 0.15) is 5.75 Å². The lowest BCUT2D eigenvalue weighted by molar-refractivity contribution is 0.417. The van der Waals surface area contributed by atoms with Crippen molar-refractivity contribution in [2.75, 3.05) is 12.8 Å². The van der Waals surface area contributed by atoms with Crippen molar-refractivity contribution in [1.29, 1.82) is 0 Å². The van der Waals surface area contributed by atoms with Crippen LogP contribution in [0.15, 0.2) is 38.5 Å². The molecule has 19 heavy (non-hydrogen) atoms. The molecule has 1 aromatic heterocycles. The number of hydrogen-bond donors (Lipinski definition) is 2. The number of anilines is 1. The maximum Gasteiger partial charge on any atom is 0.328 e. The van der Waals surface area contributed by atoms with Crippen LogP contribution < -0.4 is 21.7 Å². The Morgan fingerprint density at radius 3 is 2.79 bits per heavy atom. The highest BCUT2D eigenvalue weighted by Gasteiger charge is 2.05. The summed E-state index contributed by atoms with van der Waals surface area (Å²) in [5, 5.41) is 0. The van der Waals surface area contributed by atoms with Gasteiger partial charge < -0.3 is 10.5 Å². The number of rotatable bonds is 3. The summed E-state index contributed by atoms with van der Waals surface area (Å²) in [7, 11) is 1.54. The van der Waals surface area contributed by atoms with Gasteiger partial charge in [0, 0.05) is 6.20 Å². The maximum absolute atomic E-state index is 11.6. The van der Waals surface area contributed by atoms with E-state index in [-0.39, 0.29) is 0 Å². The van der Waals surface area contributed by atoms with Gasteiger partial charge in [-0.2, -0.15) is 0 Å². The van der Waals surface area contributed by atoms with E-state index in [9.17, 15) is 9.59 Å². The van der Waals surface area contributed by atoms with Gasteiger partial charge in [0.15, 0.2) is 0 Å². The minimum Gasteiger partial charge on any atom is -0.495 e. The van der Waals surface area contributed by atoms with Gasteiger partial charge in [0.2, 0.25) is 0 Å². The number of nitrogens with one attached hydrogen (secondary N) is 1. The summed E-state index contributed by atoms with van der Waals surface area (Å²) >= 11 is 3.08. The van der Waals surface area contributed by atoms with Crippen molar-refractivity contribution in [2.24, 2.45) is 0 Å². The summed E-state index contributed by atoms with van der Waals surface area (Å²) in [6.45, 7) is 0.308. The second-order valence-corrected chi connectivity index (χ2v) is 4.79. The minimum atomic E-state index is -0.470. The summed E-state index contributed by atoms with van der Waals surface area (Å²) in [4.78, 5) is 25.1. The Balaban J connectivity index is 2.36. The second kappa shape index (κ2) is 5.31. The van der Waals surface area contributed by atoms with Gasteiger partial charge >= 0.3 is 5.69 Å². The van der Waals surface area contributed by atoms with Crippen LogP contribution in [0, 0.1) is 0 Å². The molecule has 0 unspecified atom stereocenters. The molecule has 1 aromatic carbocycles. The fourth-order valence-corrected chi connectivity index (χ4v) is 2.03. The van der Waals surface area contributed by atoms with Crippen LogP contribution in [0.1, 0.15) is 5.56 Å². The lowest BCUT2D eigenvalue weighted by atomic mass is 10.2. The Morgan fingerprint density at radius 2 is 2.16 bits per heavy atom. The molecule has 2 aromatic rings. The molecular formula is C12H12BrN3O3. The molecule has 0 saturated carbocycles. The first-order valence-electron chi connectivity index (χ1n) is 5.43. The molecule has 0 spiro atoms. The predicted octanol–water partition coefficient (Wildman–Crippen LogP) is 0.938. The topological polar surface area (TPSA) is 90.1 Å². The summed E-state index contributed by atoms with van der Waals surface area (Å²) in [5.41, 5.74) is 6.21. The van der Waals surface area contributed by atoms with E-state index in [2.05, 4.69) is 20.9 Å². The number of ether oxygens (including phenoxy) is 1. The smallest absolute Gasteiger partial charge is 0.328 e. The quantitative estimate of drug-likeness (QED) is 0.822. The summed E-state index contributed by atoms with van der Waals surface area (Å²) in [5.74, 6) is 0.582. The Morgan fingerprint density at radius 1 is 1.42 bits per heavy atom. The van der Waals surface area contributed by atoms with E-state index in [1.54, 1.807) is 18.2 Å². The fraction of sp³-hybridized carbons (Fsp3) is 0.167. The van der Waals surface area contributed by atoms with Crippen molar-refractivity contribution < 1.29 is 4.74 Å². The normalized spacial score (nSPS) is 10.4. The molecule has 1 heterocycles. The fourth-order valence-electron chi connectivity index (χ4n) is 1.68. The molecular weight excluding hydrogens is 314 g/mol. The van der Waals surface area contributed by atoms with Crippen LogP contribution in [-0.2, 0) is 6.54 Å². The van der Waals surface area contributed by atoms with Crippen molar-refractivity contribution in [1.82, 2.24) is 9.55 Å². The number of halogens is 1. The molecule has 0 aliphatic heterocycles. The third-order valence-electron chi connectivity index (χ3n) is 2.61. The number of H-pyrrole nitrogens is 1. The van der Waals surface area contributed by atoms with Crippen LogP contribution >= 0.6 is 15.9 Å². The number of nitrogens with zero attached hydrogens (tertiary/aromatic N) is 1. The first-order valence-corrected chi connectivity index (χ1v) is 6.22. The monoisotopic (exact) mass is 325 g/mol. The predicted molar refractivity (Wildman–Crippen MR) is 75.5 cm³/mol. The molecule has 0 aliphatic carbocycles. The molecule has 6 nitrogen and oxygen atoms in total. The largest absolute Gasteiger partial charge is 0.495 e. The Labute approximate surface area is 117 Å². The van der Waals surface area contributed by atoms with Crippen LogP contribution in [0.25, 0.3) is 0 Å². The number of aromatic nitrogens is 2. The number of nitrogens with two attached hydrogens (primary N) is 1. The van der Waals surface area contributed by atoms with Gasteiger partial charge in [-0.1, -0.05) is 6.07 Å². The van der Waals surface area contributed by atoms with Crippen molar-refractivity contribution in [3.8, 4) is 5.75 Å². The molecule has 0 aliphatic rings. The average molecular weight is 326 g/mol. The van der Waals surface area contributed by atoms with Crippen LogP contribution in [-0.4, -0.2) is 16.7 Å². The molecule has 0 bridgehead atoms. The number of benzene rings is 1. The maximum atomic E-state index is 11.6. The lowest BCUT2D eigenvalue weighted by Crippen LogP contribution is -2.30. The molecule has 0 atom stereocenters. The van der Waals surface area contributed by atoms with E-state index in [0.717, 1.165) is 5.56 Å². The molecule has 3 N–H and O–H groups in total. The number of methoxy groups -OCH3 is 1. The van der Waals surface area contributed by atoms with Gasteiger partial charge in [-0.05, 0) is 33.6 Å². The van der Waals surface area contributed by atoms with Gasteiger partial charge in [-0.25, -0.2) is 4.79 Å². The van der Waals surface area contributed by atoms with Crippen LogP contribution in [0.3, 0.4) is 0 Å². The zero-order chi connectivity index (χ0) is 14.0. The first-order chi connectivity index (χ1) is 9.01. The number of aromatic amines is 1. The van der Waals surface area contributed by atoms with E-state index >= 15 is 0 Å². The van der Waals surface area contributed by atoms with Crippen molar-refractivity contribution in [2.45, 2.75) is 6.54 Å². The first kappa shape index (κ1) is 13.4. The standard InChI is InChI=1S/C12H12BrN3O3/c1-19-10-3-2-7(4-9(10)14)5-16-6-8(13)11(17)15-12(16)18/h2-4,6H,5,14H2,1H3,(H,15,17,18). The Kier molecular flexibility index (Phi) is 3.75. The Bertz CT molecular complexity index is 721. The van der Waals surface area contributed by atoms with Gasteiger partial charge in [-0.15, -0.1) is 0 Å². The van der Waals surface area contributed by atoms with E-state index in [0.29, 0.717) is 22.5 Å². The zero-order valence-corrected chi connectivity index (χ0v) is 11.7. The van der Waals surface area contributed by atoms with E-state index in [1.165, 1.54) is 17.9 Å². The van der Waals surface area contributed by atoms with Crippen LogP contribution in [0.2, 0.25) is 0 Å². The van der Waals surface area contributed by atoms with Crippen molar-refractivity contribution >= 4 is 21.6 Å². The zero-order valence-electron chi connectivity index (χ0n) is 10.1. The minimum absolute atomic E-state index is 0.300. The highest BCUT2D eigenvalue weighted by molar-refractivity contribution is 9.10. The summed E-state index contributed by atoms with van der Waals surface area (Å²) < 4.78 is 6.74. The third kappa shape index (κ3) is 2.87. The van der Waals surface area contributed by atoms with Gasteiger partial charge in [-0.3, -0.25) is 14.3 Å². The van der Waals surface area contributed by atoms with Crippen LogP contribution in [0.5, 0.6) is 5.75 Å². The highest BCUT2D eigenvalue weighted by atomic mass is 79.9. The van der Waals surface area contributed by atoms with E-state index < -0.39 is 11.2 Å². The molecule has 7 heteroatoms. The van der Waals surface area contributed by atoms with E-state index in [1.807, 2.05) is 0 Å². The number of hydrogen-bond acceptors (Lipinski definition) is 4. The second-order valence-electron chi connectivity index (χ2n) is 3.94. The lowest BCUT2D eigenvalue weighted by Gasteiger charge is -2.09. The van der Waals surface area contributed by atoms with Gasteiger partial charge in [0.25, 0.3) is 5.56 Å². The highest BCUT2D eigenvalue weighted by Crippen LogP contribution is 2.22. The van der Waals surface area contributed by atoms with Gasteiger partial charge in [0.05, 0.1) is 23.8 Å². The molecule has 0 fully saturated rings. The molecule has 0 amide bonds. The Hall–Kier alpha value is -2.02. The third-order valence-corrected chi connectivity index (χ3v) is 3.18. The van der Waals surface area contributed by atoms with Crippen molar-refractivity contribution in [3.05, 3.63) is 55.3 Å². The van der Waals surface area contributed by atoms with E-state index in [4.69, 9.17) is 10.5 Å². The van der Waals surface area contributed by atoms with Crippen LogP contribution in [0.4, 0.5) is 5.69 Å². The summed E-state index contributed by atoms with van der Waals surface area (Å²) in [6, 6.07) is 5.27. The molecule has 0 radical (unpaired) electrons. The molecule has 0 saturated heterocycles. The molecule has 100 valence electrons. The molecule has 2 rings (SSSR count). The summed E-state index contributed by atoms with van der Waals surface area (Å²) in [6.07, 6.45) is 1.45. The van der Waals surface area contributed by atoms with Crippen molar-refractivity contribution in [3.63, 3.8) is 0 Å². The SMILES string of the molecule is COc1ccc(Cn2cc(Br)c(=O)[nH]c2=O)cc1N. The number of nitrogen functional groups attached to an aromatic ring is 1. The average Bonchev–Trinajstić information content (AvgIpc) is 2.36.